The van der Waals surface area contributed by atoms with E-state index in [0.717, 1.165) is 38.0 Å². The van der Waals surface area contributed by atoms with Crippen LogP contribution in [0.2, 0.25) is 0 Å². The molecule has 0 radical (unpaired) electrons. The summed E-state index contributed by atoms with van der Waals surface area (Å²) in [5.41, 5.74) is 9.03. The normalized spacial score (nSPS) is 20.7. The van der Waals surface area contributed by atoms with Crippen molar-refractivity contribution in [2.45, 2.75) is 25.5 Å². The molecule has 2 unspecified atom stereocenters. The molecular formula is C21H28N2O3. The van der Waals surface area contributed by atoms with E-state index in [1.54, 1.807) is 14.2 Å². The Morgan fingerprint density at radius 1 is 1.12 bits per heavy atom. The first-order chi connectivity index (χ1) is 12.6. The Hall–Kier alpha value is -2.24. The first-order valence-electron chi connectivity index (χ1n) is 9.05. The Morgan fingerprint density at radius 2 is 1.88 bits per heavy atom. The fourth-order valence-corrected chi connectivity index (χ4v) is 3.75. The minimum absolute atomic E-state index is 0.171. The monoisotopic (exact) mass is 356 g/mol. The standard InChI is InChI=1S/C21H28N2O3/c1-25-20-12-16(11-18(22)21(20)26-2)10-17-14-23(9-8-19(17)24)13-15-6-4-3-5-7-15/h3-7,11-12,17,19,24H,8-10,13-14,22H2,1-2H3. The Bertz CT molecular complexity index is 721. The second-order valence-corrected chi connectivity index (χ2v) is 6.96. The molecule has 5 nitrogen and oxygen atoms in total. The molecule has 140 valence electrons. The van der Waals surface area contributed by atoms with E-state index in [9.17, 15) is 5.11 Å². The highest BCUT2D eigenvalue weighted by molar-refractivity contribution is 5.62. The van der Waals surface area contributed by atoms with Crippen molar-refractivity contribution in [2.24, 2.45) is 5.92 Å². The summed E-state index contributed by atoms with van der Waals surface area (Å²) in [5, 5.41) is 10.5. The summed E-state index contributed by atoms with van der Waals surface area (Å²) in [6.45, 7) is 2.70. The number of ether oxygens (including phenoxy) is 2. The molecule has 2 aromatic carbocycles. The molecule has 0 aromatic heterocycles. The maximum atomic E-state index is 10.5. The molecule has 3 N–H and O–H groups in total. The van der Waals surface area contributed by atoms with E-state index in [1.807, 2.05) is 18.2 Å². The van der Waals surface area contributed by atoms with Crippen molar-refractivity contribution in [2.75, 3.05) is 33.0 Å². The SMILES string of the molecule is COc1cc(CC2CN(Cc3ccccc3)CCC2O)cc(N)c1OC. The van der Waals surface area contributed by atoms with Crippen molar-refractivity contribution in [1.82, 2.24) is 4.90 Å². The van der Waals surface area contributed by atoms with Gasteiger partial charge in [-0.05, 0) is 36.1 Å². The van der Waals surface area contributed by atoms with Crippen LogP contribution in [0, 0.1) is 5.92 Å². The highest BCUT2D eigenvalue weighted by Gasteiger charge is 2.28. The molecular weight excluding hydrogens is 328 g/mol. The molecule has 0 spiro atoms. The van der Waals surface area contributed by atoms with Gasteiger partial charge in [0.2, 0.25) is 0 Å². The van der Waals surface area contributed by atoms with Crippen LogP contribution in [0.1, 0.15) is 17.5 Å². The van der Waals surface area contributed by atoms with Gasteiger partial charge in [0.1, 0.15) is 0 Å². The fraction of sp³-hybridized carbons (Fsp3) is 0.429. The van der Waals surface area contributed by atoms with Crippen molar-refractivity contribution in [1.29, 1.82) is 0 Å². The molecule has 1 aliphatic rings. The average molecular weight is 356 g/mol. The largest absolute Gasteiger partial charge is 0.493 e. The molecule has 0 amide bonds. The summed E-state index contributed by atoms with van der Waals surface area (Å²) in [6, 6.07) is 14.3. The number of methoxy groups -OCH3 is 2. The lowest BCUT2D eigenvalue weighted by molar-refractivity contribution is 0.0239. The Kier molecular flexibility index (Phi) is 6.01. The summed E-state index contributed by atoms with van der Waals surface area (Å²) in [4.78, 5) is 2.41. The predicted octanol–water partition coefficient (Wildman–Crippen LogP) is 2.71. The molecule has 1 fully saturated rings. The van der Waals surface area contributed by atoms with Crippen LogP contribution >= 0.6 is 0 Å². The third kappa shape index (κ3) is 4.29. The first kappa shape index (κ1) is 18.5. The molecule has 26 heavy (non-hydrogen) atoms. The van der Waals surface area contributed by atoms with Crippen LogP contribution in [-0.4, -0.2) is 43.4 Å². The number of nitrogens with two attached hydrogens (primary N) is 1. The predicted molar refractivity (Wildman–Crippen MR) is 103 cm³/mol. The molecule has 3 rings (SSSR count). The summed E-state index contributed by atoms with van der Waals surface area (Å²) < 4.78 is 10.7. The van der Waals surface area contributed by atoms with Crippen molar-refractivity contribution >= 4 is 5.69 Å². The van der Waals surface area contributed by atoms with Crippen LogP contribution in [0.15, 0.2) is 42.5 Å². The number of likely N-dealkylation sites (tertiary alicyclic amines) is 1. The zero-order valence-electron chi connectivity index (χ0n) is 15.5. The van der Waals surface area contributed by atoms with Crippen LogP contribution in [0.25, 0.3) is 0 Å². The second kappa shape index (κ2) is 8.43. The van der Waals surface area contributed by atoms with Crippen LogP contribution in [0.5, 0.6) is 11.5 Å². The molecule has 2 atom stereocenters. The Labute approximate surface area is 155 Å². The number of aliphatic hydroxyl groups excluding tert-OH is 1. The number of hydrogen-bond donors (Lipinski definition) is 2. The van der Waals surface area contributed by atoms with Gasteiger partial charge >= 0.3 is 0 Å². The van der Waals surface area contributed by atoms with Crippen LogP contribution < -0.4 is 15.2 Å². The van der Waals surface area contributed by atoms with Crippen LogP contribution in [0.4, 0.5) is 5.69 Å². The number of nitrogens with zero attached hydrogens (tertiary/aromatic N) is 1. The minimum Gasteiger partial charge on any atom is -0.493 e. The lowest BCUT2D eigenvalue weighted by Gasteiger charge is -2.36. The quantitative estimate of drug-likeness (QED) is 0.779. The van der Waals surface area contributed by atoms with Crippen molar-refractivity contribution in [3.63, 3.8) is 0 Å². The topological polar surface area (TPSA) is 68.0 Å². The molecule has 1 saturated heterocycles. The molecule has 0 bridgehead atoms. The van der Waals surface area contributed by atoms with Gasteiger partial charge in [0.25, 0.3) is 0 Å². The van der Waals surface area contributed by atoms with Gasteiger partial charge in [-0.1, -0.05) is 30.3 Å². The summed E-state index contributed by atoms with van der Waals surface area (Å²) in [6.07, 6.45) is 1.26. The van der Waals surface area contributed by atoms with E-state index in [2.05, 4.69) is 29.2 Å². The lowest BCUT2D eigenvalue weighted by atomic mass is 9.88. The molecule has 1 heterocycles. The van der Waals surface area contributed by atoms with Crippen molar-refractivity contribution < 1.29 is 14.6 Å². The zero-order valence-corrected chi connectivity index (χ0v) is 15.5. The van der Waals surface area contributed by atoms with E-state index in [-0.39, 0.29) is 12.0 Å². The number of hydrogen-bond acceptors (Lipinski definition) is 5. The highest BCUT2D eigenvalue weighted by Crippen LogP contribution is 2.36. The smallest absolute Gasteiger partial charge is 0.183 e. The van der Waals surface area contributed by atoms with Gasteiger partial charge in [0.05, 0.1) is 26.0 Å². The highest BCUT2D eigenvalue weighted by atomic mass is 16.5. The van der Waals surface area contributed by atoms with E-state index in [0.29, 0.717) is 17.2 Å². The third-order valence-electron chi connectivity index (χ3n) is 5.09. The van der Waals surface area contributed by atoms with Crippen molar-refractivity contribution in [3.05, 3.63) is 53.6 Å². The zero-order chi connectivity index (χ0) is 18.5. The van der Waals surface area contributed by atoms with Gasteiger partial charge in [-0.2, -0.15) is 0 Å². The molecule has 0 saturated carbocycles. The molecule has 2 aromatic rings. The van der Waals surface area contributed by atoms with E-state index < -0.39 is 0 Å². The maximum Gasteiger partial charge on any atom is 0.183 e. The Balaban J connectivity index is 1.70. The van der Waals surface area contributed by atoms with Crippen LogP contribution in [0.3, 0.4) is 0 Å². The fourth-order valence-electron chi connectivity index (χ4n) is 3.75. The van der Waals surface area contributed by atoms with Gasteiger partial charge in [0, 0.05) is 25.6 Å². The lowest BCUT2D eigenvalue weighted by Crippen LogP contribution is -2.43. The van der Waals surface area contributed by atoms with Gasteiger partial charge in [-0.25, -0.2) is 0 Å². The summed E-state index contributed by atoms with van der Waals surface area (Å²) in [5.74, 6) is 1.37. The summed E-state index contributed by atoms with van der Waals surface area (Å²) in [7, 11) is 3.19. The maximum absolute atomic E-state index is 10.5. The molecule has 5 heteroatoms. The van der Waals surface area contributed by atoms with Gasteiger partial charge in [-0.15, -0.1) is 0 Å². The van der Waals surface area contributed by atoms with Gasteiger partial charge < -0.3 is 20.3 Å². The number of piperidine rings is 1. The Morgan fingerprint density at radius 3 is 2.58 bits per heavy atom. The van der Waals surface area contributed by atoms with E-state index in [1.165, 1.54) is 5.56 Å². The number of aliphatic hydroxyl groups is 1. The second-order valence-electron chi connectivity index (χ2n) is 6.96. The van der Waals surface area contributed by atoms with E-state index >= 15 is 0 Å². The van der Waals surface area contributed by atoms with Gasteiger partial charge in [0.15, 0.2) is 11.5 Å². The molecule has 1 aliphatic heterocycles. The number of anilines is 1. The number of benzene rings is 2. The van der Waals surface area contributed by atoms with Gasteiger partial charge in [-0.3, -0.25) is 4.90 Å². The molecule has 0 aliphatic carbocycles. The van der Waals surface area contributed by atoms with Crippen LogP contribution in [-0.2, 0) is 13.0 Å². The summed E-state index contributed by atoms with van der Waals surface area (Å²) >= 11 is 0. The minimum atomic E-state index is -0.295. The van der Waals surface area contributed by atoms with Crippen molar-refractivity contribution in [3.8, 4) is 11.5 Å². The first-order valence-corrected chi connectivity index (χ1v) is 9.05. The number of nitrogen functional groups attached to an aromatic ring is 1. The number of rotatable bonds is 6. The van der Waals surface area contributed by atoms with E-state index in [4.69, 9.17) is 15.2 Å². The average Bonchev–Trinajstić information content (AvgIpc) is 2.65. The third-order valence-corrected chi connectivity index (χ3v) is 5.09.